The molecule has 3 aromatic heterocycles. The number of rotatable bonds is 7. The van der Waals surface area contributed by atoms with Crippen LogP contribution in [-0.4, -0.2) is 30.8 Å². The minimum Gasteiger partial charge on any atom is -0.388 e. The van der Waals surface area contributed by atoms with Crippen molar-refractivity contribution in [1.29, 1.82) is 0 Å². The van der Waals surface area contributed by atoms with Gasteiger partial charge < -0.3 is 10.1 Å². The summed E-state index contributed by atoms with van der Waals surface area (Å²) in [5.74, 6) is 0.552. The SMILES string of the molecule is Cc1cc(C)nc(Cc2ncc(C(=O)CCC(O)c3c(C)[nH]c4ccccc34)cn2)c1. The second-order valence-corrected chi connectivity index (χ2v) is 8.03. The van der Waals surface area contributed by atoms with Gasteiger partial charge in [0.15, 0.2) is 5.78 Å². The summed E-state index contributed by atoms with van der Waals surface area (Å²) in [5, 5.41) is 11.7. The molecule has 0 spiro atoms. The van der Waals surface area contributed by atoms with Crippen LogP contribution in [0.1, 0.15) is 63.3 Å². The highest BCUT2D eigenvalue weighted by molar-refractivity contribution is 5.95. The summed E-state index contributed by atoms with van der Waals surface area (Å²) in [6, 6.07) is 11.9. The number of hydrogen-bond donors (Lipinski definition) is 2. The molecule has 0 amide bonds. The van der Waals surface area contributed by atoms with E-state index in [9.17, 15) is 9.90 Å². The van der Waals surface area contributed by atoms with Crippen molar-refractivity contribution < 1.29 is 9.90 Å². The lowest BCUT2D eigenvalue weighted by molar-refractivity contribution is 0.0940. The summed E-state index contributed by atoms with van der Waals surface area (Å²) in [6.07, 6.45) is 3.51. The zero-order valence-corrected chi connectivity index (χ0v) is 18.0. The number of carbonyl (C=O) groups excluding carboxylic acids is 1. The molecule has 1 aromatic carbocycles. The number of pyridine rings is 1. The number of fused-ring (bicyclic) bond motifs is 1. The van der Waals surface area contributed by atoms with Crippen molar-refractivity contribution >= 4 is 16.7 Å². The van der Waals surface area contributed by atoms with E-state index in [1.165, 1.54) is 0 Å². The van der Waals surface area contributed by atoms with E-state index >= 15 is 0 Å². The monoisotopic (exact) mass is 414 g/mol. The zero-order valence-electron chi connectivity index (χ0n) is 18.0. The number of ketones is 1. The van der Waals surface area contributed by atoms with Gasteiger partial charge in [0, 0.05) is 52.4 Å². The number of benzene rings is 1. The Hall–Kier alpha value is -3.38. The lowest BCUT2D eigenvalue weighted by Gasteiger charge is -2.11. The molecule has 31 heavy (non-hydrogen) atoms. The molecule has 2 N–H and O–H groups in total. The summed E-state index contributed by atoms with van der Waals surface area (Å²) in [5.41, 5.74) is 6.25. The number of para-hydroxylation sites is 1. The highest BCUT2D eigenvalue weighted by atomic mass is 16.3. The van der Waals surface area contributed by atoms with Crippen molar-refractivity contribution in [3.05, 3.63) is 88.4 Å². The molecule has 0 fully saturated rings. The molecule has 6 heteroatoms. The fourth-order valence-corrected chi connectivity index (χ4v) is 4.05. The van der Waals surface area contributed by atoms with Gasteiger partial charge in [-0.25, -0.2) is 9.97 Å². The minimum absolute atomic E-state index is 0.0763. The molecule has 0 aliphatic heterocycles. The van der Waals surface area contributed by atoms with Gasteiger partial charge in [0.05, 0.1) is 18.1 Å². The average molecular weight is 415 g/mol. The Labute approximate surface area is 181 Å². The second kappa shape index (κ2) is 8.78. The van der Waals surface area contributed by atoms with Crippen LogP contribution >= 0.6 is 0 Å². The van der Waals surface area contributed by atoms with E-state index in [0.29, 0.717) is 24.2 Å². The first-order chi connectivity index (χ1) is 14.9. The first kappa shape index (κ1) is 20.9. The van der Waals surface area contributed by atoms with Crippen LogP contribution in [0.3, 0.4) is 0 Å². The van der Waals surface area contributed by atoms with Crippen molar-refractivity contribution in [3.63, 3.8) is 0 Å². The molecule has 1 unspecified atom stereocenters. The highest BCUT2D eigenvalue weighted by Crippen LogP contribution is 2.30. The van der Waals surface area contributed by atoms with Gasteiger partial charge in [0.25, 0.3) is 0 Å². The van der Waals surface area contributed by atoms with Crippen LogP contribution in [0.15, 0.2) is 48.8 Å². The molecule has 1 atom stereocenters. The van der Waals surface area contributed by atoms with Crippen molar-refractivity contribution in [2.75, 3.05) is 0 Å². The average Bonchev–Trinajstić information content (AvgIpc) is 3.07. The van der Waals surface area contributed by atoms with E-state index in [2.05, 4.69) is 19.9 Å². The number of aromatic nitrogens is 4. The number of nitrogens with zero attached hydrogens (tertiary/aromatic N) is 3. The van der Waals surface area contributed by atoms with Gasteiger partial charge in [-0.15, -0.1) is 0 Å². The smallest absolute Gasteiger partial charge is 0.166 e. The number of carbonyl (C=O) groups is 1. The summed E-state index contributed by atoms with van der Waals surface area (Å²) in [4.78, 5) is 29.1. The van der Waals surface area contributed by atoms with Gasteiger partial charge in [0.2, 0.25) is 0 Å². The number of hydrogen-bond acceptors (Lipinski definition) is 5. The molecule has 0 saturated heterocycles. The fraction of sp³-hybridized carbons (Fsp3) is 0.280. The van der Waals surface area contributed by atoms with E-state index < -0.39 is 6.10 Å². The van der Waals surface area contributed by atoms with Gasteiger partial charge in [-0.2, -0.15) is 0 Å². The van der Waals surface area contributed by atoms with Crippen LogP contribution in [0.4, 0.5) is 0 Å². The van der Waals surface area contributed by atoms with E-state index in [1.54, 1.807) is 12.4 Å². The summed E-state index contributed by atoms with van der Waals surface area (Å²) >= 11 is 0. The number of Topliss-reactive ketones (excluding diaryl/α,β-unsaturated/α-hetero) is 1. The second-order valence-electron chi connectivity index (χ2n) is 8.03. The highest BCUT2D eigenvalue weighted by Gasteiger charge is 2.18. The predicted molar refractivity (Wildman–Crippen MR) is 120 cm³/mol. The van der Waals surface area contributed by atoms with Gasteiger partial charge >= 0.3 is 0 Å². The van der Waals surface area contributed by atoms with Crippen molar-refractivity contribution in [2.24, 2.45) is 0 Å². The summed E-state index contributed by atoms with van der Waals surface area (Å²) in [7, 11) is 0. The quantitative estimate of drug-likeness (QED) is 0.432. The van der Waals surface area contributed by atoms with E-state index in [1.807, 2.05) is 57.2 Å². The lowest BCUT2D eigenvalue weighted by Crippen LogP contribution is -2.07. The third kappa shape index (κ3) is 4.70. The van der Waals surface area contributed by atoms with E-state index in [-0.39, 0.29) is 12.2 Å². The van der Waals surface area contributed by atoms with Gasteiger partial charge in [-0.3, -0.25) is 9.78 Å². The largest absolute Gasteiger partial charge is 0.388 e. The van der Waals surface area contributed by atoms with Crippen molar-refractivity contribution in [3.8, 4) is 0 Å². The maximum absolute atomic E-state index is 12.6. The van der Waals surface area contributed by atoms with Crippen LogP contribution in [0.5, 0.6) is 0 Å². The number of nitrogens with one attached hydrogen (secondary N) is 1. The Bertz CT molecular complexity index is 1210. The standard InChI is InChI=1S/C25H26N4O2/c1-15-10-16(2)28-19(11-15)12-24-26-13-18(14-27-24)22(30)8-9-23(31)25-17(3)29-21-7-5-4-6-20(21)25/h4-7,10-11,13-14,23,29,31H,8-9,12H2,1-3H3. The van der Waals surface area contributed by atoms with Crippen LogP contribution in [0.25, 0.3) is 10.9 Å². The molecule has 4 aromatic rings. The Balaban J connectivity index is 1.40. The van der Waals surface area contributed by atoms with E-state index in [0.717, 1.165) is 39.1 Å². The third-order valence-electron chi connectivity index (χ3n) is 5.44. The Morgan fingerprint density at radius 2 is 1.84 bits per heavy atom. The maximum atomic E-state index is 12.6. The van der Waals surface area contributed by atoms with Crippen LogP contribution in [0, 0.1) is 20.8 Å². The topological polar surface area (TPSA) is 91.8 Å². The number of aromatic amines is 1. The predicted octanol–water partition coefficient (Wildman–Crippen LogP) is 4.57. The number of aliphatic hydroxyl groups is 1. The van der Waals surface area contributed by atoms with Gasteiger partial charge in [-0.05, 0) is 51.0 Å². The summed E-state index contributed by atoms with van der Waals surface area (Å²) in [6.45, 7) is 5.94. The molecule has 158 valence electrons. The Morgan fingerprint density at radius 3 is 2.58 bits per heavy atom. The zero-order chi connectivity index (χ0) is 22.0. The molecule has 0 aliphatic rings. The Morgan fingerprint density at radius 1 is 1.10 bits per heavy atom. The molecular formula is C25H26N4O2. The molecule has 0 radical (unpaired) electrons. The third-order valence-corrected chi connectivity index (χ3v) is 5.44. The molecule has 4 rings (SSSR count). The molecule has 3 heterocycles. The number of aryl methyl sites for hydroxylation is 3. The first-order valence-electron chi connectivity index (χ1n) is 10.4. The normalized spacial score (nSPS) is 12.3. The fourth-order valence-electron chi connectivity index (χ4n) is 4.05. The maximum Gasteiger partial charge on any atom is 0.166 e. The molecule has 0 aliphatic carbocycles. The number of aliphatic hydroxyl groups excluding tert-OH is 1. The van der Waals surface area contributed by atoms with E-state index in [4.69, 9.17) is 0 Å². The molecule has 0 saturated carbocycles. The van der Waals surface area contributed by atoms with Gasteiger partial charge in [-0.1, -0.05) is 18.2 Å². The van der Waals surface area contributed by atoms with Crippen LogP contribution in [0.2, 0.25) is 0 Å². The first-order valence-corrected chi connectivity index (χ1v) is 10.4. The summed E-state index contributed by atoms with van der Waals surface area (Å²) < 4.78 is 0. The Kier molecular flexibility index (Phi) is 5.91. The number of H-pyrrole nitrogens is 1. The molecule has 0 bridgehead atoms. The van der Waals surface area contributed by atoms with Crippen LogP contribution < -0.4 is 0 Å². The van der Waals surface area contributed by atoms with Gasteiger partial charge in [0.1, 0.15) is 5.82 Å². The lowest BCUT2D eigenvalue weighted by atomic mass is 9.99. The van der Waals surface area contributed by atoms with Crippen molar-refractivity contribution in [1.82, 2.24) is 19.9 Å². The molecular weight excluding hydrogens is 388 g/mol. The van der Waals surface area contributed by atoms with Crippen molar-refractivity contribution in [2.45, 2.75) is 46.1 Å². The van der Waals surface area contributed by atoms with Crippen LogP contribution in [-0.2, 0) is 6.42 Å². The minimum atomic E-state index is -0.712. The molecule has 6 nitrogen and oxygen atoms in total.